The number of hydrogen-bond donors (Lipinski definition) is 2. The Labute approximate surface area is 159 Å². The molecule has 2 atom stereocenters. The monoisotopic (exact) mass is 458 g/mol. The highest BCUT2D eigenvalue weighted by Gasteiger charge is 2.61. The number of aliphatic hydroxyl groups is 1. The van der Waals surface area contributed by atoms with Crippen LogP contribution in [0.5, 0.6) is 0 Å². The average molecular weight is 458 g/mol. The zero-order chi connectivity index (χ0) is 18.0. The lowest BCUT2D eigenvalue weighted by Gasteiger charge is -2.41. The molecule has 3 aliphatic rings. The van der Waals surface area contributed by atoms with Crippen LogP contribution in [0.4, 0.5) is 4.39 Å². The second kappa shape index (κ2) is 5.64. The summed E-state index contributed by atoms with van der Waals surface area (Å²) in [5, 5.41) is 12.6. The van der Waals surface area contributed by atoms with Crippen molar-refractivity contribution in [3.8, 4) is 0 Å². The Morgan fingerprint density at radius 3 is 2.72 bits per heavy atom. The third-order valence-electron chi connectivity index (χ3n) is 5.56. The summed E-state index contributed by atoms with van der Waals surface area (Å²) in [6.07, 6.45) is 0.469. The molecule has 1 aromatic rings. The van der Waals surface area contributed by atoms with Crippen molar-refractivity contribution in [1.29, 1.82) is 0 Å². The quantitative estimate of drug-likeness (QED) is 0.679. The Balaban J connectivity index is 1.49. The minimum absolute atomic E-state index is 0.0555. The molecule has 25 heavy (non-hydrogen) atoms. The first-order chi connectivity index (χ1) is 11.7. The van der Waals surface area contributed by atoms with Crippen molar-refractivity contribution in [3.63, 3.8) is 0 Å². The number of rotatable bonds is 3. The minimum atomic E-state index is -0.968. The largest absolute Gasteiger partial charge is 0.390 e. The van der Waals surface area contributed by atoms with Crippen LogP contribution in [-0.2, 0) is 10.2 Å². The second-order valence-electron chi connectivity index (χ2n) is 7.85. The predicted octanol–water partition coefficient (Wildman–Crippen LogP) is 1.76. The molecular weight excluding hydrogens is 438 g/mol. The number of benzene rings is 1. The molecule has 5 nitrogen and oxygen atoms in total. The number of hydrogen-bond acceptors (Lipinski definition) is 3. The summed E-state index contributed by atoms with van der Waals surface area (Å²) in [4.78, 5) is 26.5. The average Bonchev–Trinajstić information content (AvgIpc) is 3.13. The van der Waals surface area contributed by atoms with E-state index < -0.39 is 17.2 Å². The summed E-state index contributed by atoms with van der Waals surface area (Å²) in [6.45, 7) is 1.91. The van der Waals surface area contributed by atoms with Crippen molar-refractivity contribution in [3.05, 3.63) is 32.9 Å². The lowest BCUT2D eigenvalue weighted by atomic mass is 9.77. The van der Waals surface area contributed by atoms with Gasteiger partial charge in [0, 0.05) is 27.1 Å². The number of alkyl halides is 1. The molecule has 134 valence electrons. The van der Waals surface area contributed by atoms with E-state index in [1.807, 2.05) is 12.1 Å². The van der Waals surface area contributed by atoms with Gasteiger partial charge in [0.1, 0.15) is 6.17 Å². The Hall–Kier alpha value is -1.22. The van der Waals surface area contributed by atoms with E-state index in [-0.39, 0.29) is 30.9 Å². The summed E-state index contributed by atoms with van der Waals surface area (Å²) in [5.41, 5.74) is -0.0749. The molecule has 2 N–H and O–H groups in total. The van der Waals surface area contributed by atoms with Crippen molar-refractivity contribution in [2.45, 2.75) is 49.4 Å². The number of carbonyl (C=O) groups is 2. The van der Waals surface area contributed by atoms with E-state index in [2.05, 4.69) is 27.9 Å². The highest BCUT2D eigenvalue weighted by atomic mass is 127. The number of halogens is 2. The molecule has 2 fully saturated rings. The molecule has 0 bridgehead atoms. The Morgan fingerprint density at radius 2 is 2.12 bits per heavy atom. The van der Waals surface area contributed by atoms with Crippen LogP contribution in [0.1, 0.15) is 42.1 Å². The van der Waals surface area contributed by atoms with Crippen LogP contribution in [0.15, 0.2) is 18.2 Å². The number of nitrogens with one attached hydrogen (secondary N) is 1. The fraction of sp³-hybridized carbons (Fsp3) is 0.556. The van der Waals surface area contributed by atoms with Gasteiger partial charge in [0.05, 0.1) is 12.1 Å². The Morgan fingerprint density at radius 1 is 1.44 bits per heavy atom. The first kappa shape index (κ1) is 17.2. The van der Waals surface area contributed by atoms with Gasteiger partial charge >= 0.3 is 0 Å². The second-order valence-corrected chi connectivity index (χ2v) is 9.09. The van der Waals surface area contributed by atoms with Gasteiger partial charge in [-0.3, -0.25) is 9.59 Å². The summed E-state index contributed by atoms with van der Waals surface area (Å²) in [6, 6.07) is 5.40. The number of carbonyl (C=O) groups excluding carboxylic acids is 2. The summed E-state index contributed by atoms with van der Waals surface area (Å²) in [7, 11) is 0. The molecule has 2 amide bonds. The first-order valence-corrected chi connectivity index (χ1v) is 9.53. The maximum Gasteiger partial charge on any atom is 0.254 e. The third-order valence-corrected chi connectivity index (χ3v) is 6.23. The van der Waals surface area contributed by atoms with E-state index in [9.17, 15) is 19.1 Å². The number of nitrogens with zero attached hydrogens (tertiary/aromatic N) is 1. The number of amides is 2. The van der Waals surface area contributed by atoms with Crippen LogP contribution in [0.25, 0.3) is 0 Å². The van der Waals surface area contributed by atoms with E-state index in [0.29, 0.717) is 24.8 Å². The molecule has 1 spiro atoms. The normalized spacial score (nSPS) is 36.0. The molecule has 1 heterocycles. The Kier molecular flexibility index (Phi) is 3.88. The van der Waals surface area contributed by atoms with Crippen molar-refractivity contribution in [2.75, 3.05) is 13.1 Å². The molecule has 2 aliphatic carbocycles. The van der Waals surface area contributed by atoms with Crippen molar-refractivity contribution < 1.29 is 19.1 Å². The lowest BCUT2D eigenvalue weighted by molar-refractivity contribution is -0.125. The molecule has 1 aliphatic heterocycles. The van der Waals surface area contributed by atoms with Gasteiger partial charge in [0.2, 0.25) is 5.91 Å². The van der Waals surface area contributed by atoms with Gasteiger partial charge in [0.25, 0.3) is 5.91 Å². The van der Waals surface area contributed by atoms with E-state index in [4.69, 9.17) is 0 Å². The SMILES string of the molecule is C[C@]1(O)C[C@@H](NC(=O)CN2C[C@@]3(C[C@@H]3F)c3cc(I)ccc3C2=O)C1. The molecule has 7 heteroatoms. The smallest absolute Gasteiger partial charge is 0.254 e. The lowest BCUT2D eigenvalue weighted by Crippen LogP contribution is -2.56. The van der Waals surface area contributed by atoms with Crippen LogP contribution in [0.3, 0.4) is 0 Å². The van der Waals surface area contributed by atoms with Gasteiger partial charge in [-0.25, -0.2) is 4.39 Å². The first-order valence-electron chi connectivity index (χ1n) is 8.45. The molecule has 0 radical (unpaired) electrons. The van der Waals surface area contributed by atoms with Gasteiger partial charge < -0.3 is 15.3 Å². The highest BCUT2D eigenvalue weighted by Crippen LogP contribution is 2.54. The zero-order valence-electron chi connectivity index (χ0n) is 13.9. The summed E-state index contributed by atoms with van der Waals surface area (Å²) in [5.74, 6) is -0.471. The van der Waals surface area contributed by atoms with E-state index in [1.165, 1.54) is 4.90 Å². The van der Waals surface area contributed by atoms with Crippen LogP contribution >= 0.6 is 22.6 Å². The molecule has 0 aromatic heterocycles. The maximum absolute atomic E-state index is 14.2. The fourth-order valence-corrected chi connectivity index (χ4v) is 4.66. The highest BCUT2D eigenvalue weighted by molar-refractivity contribution is 14.1. The van der Waals surface area contributed by atoms with Gasteiger partial charge in [-0.15, -0.1) is 0 Å². The minimum Gasteiger partial charge on any atom is -0.390 e. The van der Waals surface area contributed by atoms with E-state index in [1.54, 1.807) is 13.0 Å². The predicted molar refractivity (Wildman–Crippen MR) is 98.0 cm³/mol. The van der Waals surface area contributed by atoms with Gasteiger partial charge in [-0.1, -0.05) is 0 Å². The molecule has 0 saturated heterocycles. The van der Waals surface area contributed by atoms with Gasteiger partial charge in [-0.05, 0) is 72.5 Å². The van der Waals surface area contributed by atoms with Gasteiger partial charge in [-0.2, -0.15) is 0 Å². The third kappa shape index (κ3) is 2.95. The van der Waals surface area contributed by atoms with Crippen molar-refractivity contribution >= 4 is 34.4 Å². The molecule has 0 unspecified atom stereocenters. The van der Waals surface area contributed by atoms with Crippen LogP contribution in [0, 0.1) is 3.57 Å². The van der Waals surface area contributed by atoms with Gasteiger partial charge in [0.15, 0.2) is 0 Å². The summed E-state index contributed by atoms with van der Waals surface area (Å²) >= 11 is 2.16. The van der Waals surface area contributed by atoms with E-state index in [0.717, 1.165) is 9.13 Å². The zero-order valence-corrected chi connectivity index (χ0v) is 16.0. The molecule has 2 saturated carbocycles. The maximum atomic E-state index is 14.2. The Bertz CT molecular complexity index is 761. The molecular formula is C18H20FIN2O3. The molecule has 1 aromatic carbocycles. The topological polar surface area (TPSA) is 69.6 Å². The van der Waals surface area contributed by atoms with Crippen LogP contribution < -0.4 is 5.32 Å². The fourth-order valence-electron chi connectivity index (χ4n) is 4.16. The van der Waals surface area contributed by atoms with Crippen LogP contribution in [0.2, 0.25) is 0 Å². The standard InChI is InChI=1S/C18H20FIN2O3/c1-17(25)5-11(6-17)21-15(23)8-22-9-18(7-14(18)19)13-4-10(20)2-3-12(13)16(22)24/h2-4,11,14,25H,5-9H2,1H3,(H,21,23)/t11-,14-,17+,18-/m0/s1. The van der Waals surface area contributed by atoms with Crippen molar-refractivity contribution in [1.82, 2.24) is 10.2 Å². The van der Waals surface area contributed by atoms with Crippen LogP contribution in [-0.4, -0.2) is 52.7 Å². The summed E-state index contributed by atoms with van der Waals surface area (Å²) < 4.78 is 15.2. The van der Waals surface area contributed by atoms with Crippen molar-refractivity contribution in [2.24, 2.45) is 0 Å². The van der Waals surface area contributed by atoms with E-state index >= 15 is 0 Å². The molecule has 4 rings (SSSR count). The number of fused-ring (bicyclic) bond motifs is 2.